The molecule has 1 aromatic rings. The van der Waals surface area contributed by atoms with E-state index in [1.165, 1.54) is 0 Å². The normalized spacial score (nSPS) is 17.6. The number of carbonyl (C=O) groups excluding carboxylic acids is 2. The van der Waals surface area contributed by atoms with E-state index in [1.54, 1.807) is 0 Å². The van der Waals surface area contributed by atoms with E-state index >= 15 is 0 Å². The molecule has 0 amide bonds. The lowest BCUT2D eigenvalue weighted by Gasteiger charge is -2.33. The maximum Gasteiger partial charge on any atom is 0.186 e. The number of Topliss-reactive ketones (excluding diaryl/α,β-unsaturated/α-hetero) is 2. The van der Waals surface area contributed by atoms with Gasteiger partial charge in [0.2, 0.25) is 0 Å². The summed E-state index contributed by atoms with van der Waals surface area (Å²) in [5, 5.41) is 0. The predicted octanol–water partition coefficient (Wildman–Crippen LogP) is 11.9. The molecule has 0 N–H and O–H groups in total. The van der Waals surface area contributed by atoms with Crippen LogP contribution < -0.4 is 0 Å². The standard InChI is InChI=1S/C42H60O3/c1-37(2,3)27-21-25(22-28(35(27)43)38(4,5)6)33(41(13,14)15)31-19-20-32(45-31)34(42(16,17)18)26-23-29(39(7,8)9)36(44)30(24-26)40(10,11)12/h19-24H,1-18H3. The minimum Gasteiger partial charge on any atom is -0.457 e. The first-order valence-electron chi connectivity index (χ1n) is 16.5. The number of rotatable bonds is 2. The van der Waals surface area contributed by atoms with Crippen molar-refractivity contribution in [2.24, 2.45) is 32.5 Å². The van der Waals surface area contributed by atoms with Crippen LogP contribution in [0.25, 0.3) is 11.1 Å². The molecule has 2 aliphatic carbocycles. The van der Waals surface area contributed by atoms with Gasteiger partial charge in [0.15, 0.2) is 11.6 Å². The molecular weight excluding hydrogens is 552 g/mol. The molecule has 0 atom stereocenters. The molecule has 246 valence electrons. The van der Waals surface area contributed by atoms with Crippen molar-refractivity contribution in [3.8, 4) is 0 Å². The molecule has 0 saturated heterocycles. The summed E-state index contributed by atoms with van der Waals surface area (Å²) in [4.78, 5) is 27.5. The zero-order valence-electron chi connectivity index (χ0n) is 31.7. The SMILES string of the molecule is CC(C)(C)C1=CC(=C(c2ccc(C(=C3C=C(C(C)(C)C)C(=O)C(C(C)(C)C)=C3)C(C)(C)C)o2)C(C)(C)C)C=C(C(C)(C)C)C1=O. The van der Waals surface area contributed by atoms with E-state index in [9.17, 15) is 9.59 Å². The highest BCUT2D eigenvalue weighted by atomic mass is 16.3. The zero-order chi connectivity index (χ0) is 34.9. The fraction of sp³-hybridized carbons (Fsp3) is 0.571. The second-order valence-electron chi connectivity index (χ2n) is 19.2. The van der Waals surface area contributed by atoms with Gasteiger partial charge in [0.25, 0.3) is 0 Å². The third-order valence-corrected chi connectivity index (χ3v) is 8.59. The van der Waals surface area contributed by atoms with Gasteiger partial charge in [0.1, 0.15) is 11.5 Å². The van der Waals surface area contributed by atoms with Gasteiger partial charge in [-0.1, -0.05) is 125 Å². The smallest absolute Gasteiger partial charge is 0.186 e. The average molecular weight is 613 g/mol. The van der Waals surface area contributed by atoms with E-state index in [0.29, 0.717) is 0 Å². The van der Waals surface area contributed by atoms with Crippen LogP contribution in [-0.2, 0) is 9.59 Å². The van der Waals surface area contributed by atoms with Crippen LogP contribution in [0.1, 0.15) is 136 Å². The first-order valence-corrected chi connectivity index (χ1v) is 16.5. The van der Waals surface area contributed by atoms with Crippen LogP contribution in [0.3, 0.4) is 0 Å². The molecule has 3 nitrogen and oxygen atoms in total. The molecule has 1 aromatic heterocycles. The van der Waals surface area contributed by atoms with E-state index in [4.69, 9.17) is 4.42 Å². The molecule has 45 heavy (non-hydrogen) atoms. The van der Waals surface area contributed by atoms with Gasteiger partial charge in [-0.25, -0.2) is 0 Å². The van der Waals surface area contributed by atoms with Crippen LogP contribution in [0.2, 0.25) is 0 Å². The van der Waals surface area contributed by atoms with E-state index in [-0.39, 0.29) is 44.1 Å². The minimum atomic E-state index is -0.305. The van der Waals surface area contributed by atoms with Crippen LogP contribution in [-0.4, -0.2) is 11.6 Å². The van der Waals surface area contributed by atoms with Crippen LogP contribution in [0.4, 0.5) is 0 Å². The summed E-state index contributed by atoms with van der Waals surface area (Å²) >= 11 is 0. The van der Waals surface area contributed by atoms with E-state index in [0.717, 1.165) is 56.1 Å². The average Bonchev–Trinajstić information content (AvgIpc) is 3.24. The molecule has 0 aromatic carbocycles. The largest absolute Gasteiger partial charge is 0.457 e. The van der Waals surface area contributed by atoms with Crippen LogP contribution in [0, 0.1) is 32.5 Å². The Morgan fingerprint density at radius 3 is 0.822 bits per heavy atom. The third-order valence-electron chi connectivity index (χ3n) is 8.59. The van der Waals surface area contributed by atoms with Crippen LogP contribution in [0.15, 0.2) is 74.3 Å². The Morgan fingerprint density at radius 2 is 0.644 bits per heavy atom. The van der Waals surface area contributed by atoms with Crippen molar-refractivity contribution in [1.29, 1.82) is 0 Å². The predicted molar refractivity (Wildman–Crippen MR) is 192 cm³/mol. The van der Waals surface area contributed by atoms with Crippen molar-refractivity contribution in [2.75, 3.05) is 0 Å². The van der Waals surface area contributed by atoms with Gasteiger partial charge in [-0.2, -0.15) is 0 Å². The van der Waals surface area contributed by atoms with Crippen molar-refractivity contribution >= 4 is 22.7 Å². The van der Waals surface area contributed by atoms with Crippen molar-refractivity contribution in [1.82, 2.24) is 0 Å². The molecule has 0 unspecified atom stereocenters. The summed E-state index contributed by atoms with van der Waals surface area (Å²) in [6, 6.07) is 4.16. The van der Waals surface area contributed by atoms with Gasteiger partial charge in [-0.15, -0.1) is 0 Å². The highest BCUT2D eigenvalue weighted by Crippen LogP contribution is 2.48. The fourth-order valence-corrected chi connectivity index (χ4v) is 6.27. The zero-order valence-corrected chi connectivity index (χ0v) is 31.7. The lowest BCUT2D eigenvalue weighted by atomic mass is 9.70. The quantitative estimate of drug-likeness (QED) is 0.334. The minimum absolute atomic E-state index is 0.127. The number of allylic oxidation sites excluding steroid dienone is 12. The summed E-state index contributed by atoms with van der Waals surface area (Å²) in [6.45, 7) is 38.5. The van der Waals surface area contributed by atoms with Crippen LogP contribution in [0.5, 0.6) is 0 Å². The number of carbonyl (C=O) groups is 2. The van der Waals surface area contributed by atoms with E-state index < -0.39 is 0 Å². The van der Waals surface area contributed by atoms with Crippen molar-refractivity contribution in [3.63, 3.8) is 0 Å². The van der Waals surface area contributed by atoms with Crippen molar-refractivity contribution in [2.45, 2.75) is 125 Å². The Labute approximate surface area is 274 Å². The molecule has 2 aliphatic rings. The summed E-state index contributed by atoms with van der Waals surface area (Å²) < 4.78 is 6.90. The molecule has 0 bridgehead atoms. The Hall–Kier alpha value is -2.94. The molecular formula is C42H60O3. The molecule has 0 fully saturated rings. The Kier molecular flexibility index (Phi) is 9.25. The summed E-state index contributed by atoms with van der Waals surface area (Å²) in [5.41, 5.74) is 5.71. The highest BCUT2D eigenvalue weighted by Gasteiger charge is 2.38. The number of ketones is 2. The third kappa shape index (κ3) is 7.72. The Morgan fingerprint density at radius 1 is 0.422 bits per heavy atom. The van der Waals surface area contributed by atoms with Crippen LogP contribution >= 0.6 is 0 Å². The van der Waals surface area contributed by atoms with Gasteiger partial charge in [-0.3, -0.25) is 9.59 Å². The topological polar surface area (TPSA) is 47.3 Å². The van der Waals surface area contributed by atoms with Gasteiger partial charge in [-0.05, 0) is 80.1 Å². The maximum absolute atomic E-state index is 13.7. The molecule has 0 aliphatic heterocycles. The molecule has 0 radical (unpaired) electrons. The maximum atomic E-state index is 13.7. The lowest BCUT2D eigenvalue weighted by Crippen LogP contribution is -2.28. The van der Waals surface area contributed by atoms with E-state index in [1.807, 2.05) is 0 Å². The summed E-state index contributed by atoms with van der Waals surface area (Å²) in [6.07, 6.45) is 8.36. The first-order chi connectivity index (χ1) is 20.0. The fourth-order valence-electron chi connectivity index (χ4n) is 6.27. The van der Waals surface area contributed by atoms with Gasteiger partial charge >= 0.3 is 0 Å². The number of hydrogen-bond donors (Lipinski definition) is 0. The molecule has 0 saturated carbocycles. The molecule has 1 heterocycles. The monoisotopic (exact) mass is 612 g/mol. The molecule has 3 heteroatoms. The van der Waals surface area contributed by atoms with Crippen molar-refractivity contribution in [3.05, 3.63) is 81.4 Å². The van der Waals surface area contributed by atoms with Gasteiger partial charge < -0.3 is 4.42 Å². The molecule has 3 rings (SSSR count). The van der Waals surface area contributed by atoms with Gasteiger partial charge in [0, 0.05) is 33.4 Å². The first kappa shape index (κ1) is 36.5. The number of hydrogen-bond acceptors (Lipinski definition) is 3. The Bertz CT molecular complexity index is 1380. The lowest BCUT2D eigenvalue weighted by molar-refractivity contribution is -0.114. The van der Waals surface area contributed by atoms with Crippen molar-refractivity contribution < 1.29 is 14.0 Å². The Balaban J connectivity index is 2.44. The van der Waals surface area contributed by atoms with Gasteiger partial charge in [0.05, 0.1) is 0 Å². The second kappa shape index (κ2) is 11.4. The number of furan rings is 1. The second-order valence-corrected chi connectivity index (χ2v) is 19.2. The van der Waals surface area contributed by atoms with E-state index in [2.05, 4.69) is 161 Å². The highest BCUT2D eigenvalue weighted by molar-refractivity contribution is 6.13. The molecule has 0 spiro atoms. The summed E-state index contributed by atoms with van der Waals surface area (Å²) in [7, 11) is 0. The summed E-state index contributed by atoms with van der Waals surface area (Å²) in [5.74, 6) is 1.85.